The number of hydrogen-bond donors (Lipinski definition) is 0. The number of rotatable bonds is 3. The number of nitrogens with zero attached hydrogens (tertiary/aromatic N) is 4. The quantitative estimate of drug-likeness (QED) is 0.785. The monoisotopic (exact) mass is 404 g/mol. The third kappa shape index (κ3) is 4.21. The molecule has 3 heterocycles. The number of carbonyl (C=O) groups is 1. The molecule has 2 saturated heterocycles. The molecule has 0 radical (unpaired) electrons. The maximum Gasteiger partial charge on any atom is 0.393 e. The lowest BCUT2D eigenvalue weighted by molar-refractivity contribution is -0.127. The first-order valence-corrected chi connectivity index (χ1v) is 9.72. The second-order valence-corrected chi connectivity index (χ2v) is 8.02. The average molecular weight is 404 g/mol. The highest BCUT2D eigenvalue weighted by Crippen LogP contribution is 2.33. The third-order valence-electron chi connectivity index (χ3n) is 5.56. The van der Waals surface area contributed by atoms with E-state index < -0.39 is 12.6 Å². The third-order valence-corrected chi connectivity index (χ3v) is 5.56. The number of alkyl halides is 3. The Balaban J connectivity index is 1.55. The summed E-state index contributed by atoms with van der Waals surface area (Å²) in [7, 11) is 0. The number of halogens is 3. The van der Waals surface area contributed by atoms with Crippen LogP contribution in [0.15, 0.2) is 30.3 Å². The molecule has 0 aliphatic carbocycles. The topological polar surface area (TPSA) is 49.3 Å². The predicted molar refractivity (Wildman–Crippen MR) is 103 cm³/mol. The number of hydrogen-bond acceptors (Lipinski definition) is 4. The zero-order valence-electron chi connectivity index (χ0n) is 16.4. The Labute approximate surface area is 167 Å². The summed E-state index contributed by atoms with van der Waals surface area (Å²) >= 11 is 0. The number of likely N-dealkylation sites (tertiary alicyclic amines) is 1. The number of anilines is 1. The van der Waals surface area contributed by atoms with E-state index in [4.69, 9.17) is 0 Å². The van der Waals surface area contributed by atoms with Crippen molar-refractivity contribution in [3.63, 3.8) is 0 Å². The predicted octanol–water partition coefficient (Wildman–Crippen LogP) is 3.55. The van der Waals surface area contributed by atoms with Crippen molar-refractivity contribution >= 4 is 11.9 Å². The summed E-state index contributed by atoms with van der Waals surface area (Å²) in [4.78, 5) is 26.0. The zero-order chi connectivity index (χ0) is 20.8. The van der Waals surface area contributed by atoms with Gasteiger partial charge in [0.1, 0.15) is 0 Å². The number of fused-ring (bicyclic) bond motifs is 2. The maximum atomic E-state index is 13.1. The second kappa shape index (κ2) is 7.31. The van der Waals surface area contributed by atoms with Crippen LogP contribution in [0.5, 0.6) is 0 Å². The van der Waals surface area contributed by atoms with Crippen LogP contribution in [0.3, 0.4) is 0 Å². The standard InChI is InChI=1S/C21H23F3N4O/c1-13-7-14(2)26-20(25-13)28-11-15-8-17(28)12-27(10-15)19(29)18-6-4-3-5-16(18)9-21(22,23)24/h3-7,15,17H,8-12H2,1-2H3. The minimum absolute atomic E-state index is 0.0254. The molecule has 0 spiro atoms. The Kier molecular flexibility index (Phi) is 4.96. The number of amides is 1. The van der Waals surface area contributed by atoms with Crippen LogP contribution >= 0.6 is 0 Å². The Hall–Kier alpha value is -2.64. The molecule has 2 bridgehead atoms. The molecule has 2 fully saturated rings. The molecule has 0 saturated carbocycles. The summed E-state index contributed by atoms with van der Waals surface area (Å²) in [6.45, 7) is 5.60. The highest BCUT2D eigenvalue weighted by atomic mass is 19.4. The van der Waals surface area contributed by atoms with Gasteiger partial charge in [-0.3, -0.25) is 4.79 Å². The van der Waals surface area contributed by atoms with Crippen LogP contribution < -0.4 is 4.90 Å². The van der Waals surface area contributed by atoms with Crippen LogP contribution in [-0.2, 0) is 6.42 Å². The molecule has 0 N–H and O–H groups in total. The molecule has 2 unspecified atom stereocenters. The lowest BCUT2D eigenvalue weighted by Gasteiger charge is -2.33. The van der Waals surface area contributed by atoms with E-state index in [1.165, 1.54) is 18.2 Å². The number of aromatic nitrogens is 2. The van der Waals surface area contributed by atoms with Crippen LogP contribution in [0, 0.1) is 19.8 Å². The first-order valence-electron chi connectivity index (χ1n) is 9.72. The van der Waals surface area contributed by atoms with Gasteiger partial charge in [-0.2, -0.15) is 13.2 Å². The summed E-state index contributed by atoms with van der Waals surface area (Å²) in [5.41, 5.74) is 1.95. The number of aryl methyl sites for hydroxylation is 2. The summed E-state index contributed by atoms with van der Waals surface area (Å²) in [5.74, 6) is 0.599. The van der Waals surface area contributed by atoms with Gasteiger partial charge >= 0.3 is 6.18 Å². The van der Waals surface area contributed by atoms with E-state index in [1.807, 2.05) is 19.9 Å². The summed E-state index contributed by atoms with van der Waals surface area (Å²) in [6.07, 6.45) is -4.52. The Morgan fingerprint density at radius 2 is 1.79 bits per heavy atom. The van der Waals surface area contributed by atoms with Crippen LogP contribution in [0.25, 0.3) is 0 Å². The van der Waals surface area contributed by atoms with E-state index >= 15 is 0 Å². The van der Waals surface area contributed by atoms with Crippen molar-refractivity contribution in [2.45, 2.75) is 38.9 Å². The van der Waals surface area contributed by atoms with Crippen LogP contribution in [0.1, 0.15) is 33.7 Å². The van der Waals surface area contributed by atoms with Crippen LogP contribution in [-0.4, -0.2) is 52.6 Å². The minimum Gasteiger partial charge on any atom is -0.336 e. The van der Waals surface area contributed by atoms with E-state index in [0.29, 0.717) is 19.0 Å². The number of benzene rings is 1. The molecule has 154 valence electrons. The first kappa shape index (κ1) is 19.7. The van der Waals surface area contributed by atoms with Crippen LogP contribution in [0.4, 0.5) is 19.1 Å². The molecule has 2 aromatic rings. The maximum absolute atomic E-state index is 13.1. The van der Waals surface area contributed by atoms with Crippen molar-refractivity contribution in [2.24, 2.45) is 5.92 Å². The molecular formula is C21H23F3N4O. The number of piperidine rings is 1. The minimum atomic E-state index is -4.35. The van der Waals surface area contributed by atoms with Gasteiger partial charge in [0.05, 0.1) is 6.42 Å². The summed E-state index contributed by atoms with van der Waals surface area (Å²) in [6, 6.07) is 8.02. The lowest BCUT2D eigenvalue weighted by atomic mass is 9.97. The smallest absolute Gasteiger partial charge is 0.336 e. The first-order chi connectivity index (χ1) is 13.7. The van der Waals surface area contributed by atoms with Crippen molar-refractivity contribution in [3.8, 4) is 0 Å². The van der Waals surface area contributed by atoms with Gasteiger partial charge in [-0.05, 0) is 43.9 Å². The lowest BCUT2D eigenvalue weighted by Crippen LogP contribution is -2.46. The SMILES string of the molecule is Cc1cc(C)nc(N2CC3CC2CN(C(=O)c2ccccc2CC(F)(F)F)C3)n1. The molecule has 2 atom stereocenters. The van der Waals surface area contributed by atoms with Crippen LogP contribution in [0.2, 0.25) is 0 Å². The van der Waals surface area contributed by atoms with E-state index in [0.717, 1.165) is 24.4 Å². The Morgan fingerprint density at radius 3 is 2.48 bits per heavy atom. The van der Waals surface area contributed by atoms with Gasteiger partial charge < -0.3 is 9.80 Å². The molecule has 1 amide bonds. The average Bonchev–Trinajstić information content (AvgIpc) is 2.93. The van der Waals surface area contributed by atoms with Gasteiger partial charge in [-0.15, -0.1) is 0 Å². The molecule has 1 aromatic heterocycles. The Bertz CT molecular complexity index is 910. The fourth-order valence-electron chi connectivity index (χ4n) is 4.48. The molecule has 1 aromatic carbocycles. The normalized spacial score (nSPS) is 21.6. The van der Waals surface area contributed by atoms with Crippen molar-refractivity contribution in [1.82, 2.24) is 14.9 Å². The van der Waals surface area contributed by atoms with Gasteiger partial charge in [-0.25, -0.2) is 9.97 Å². The van der Waals surface area contributed by atoms with Crippen molar-refractivity contribution < 1.29 is 18.0 Å². The van der Waals surface area contributed by atoms with Gasteiger partial charge in [0, 0.05) is 42.6 Å². The highest BCUT2D eigenvalue weighted by Gasteiger charge is 2.42. The summed E-state index contributed by atoms with van der Waals surface area (Å²) in [5, 5.41) is 0. The van der Waals surface area contributed by atoms with Gasteiger partial charge in [0.2, 0.25) is 5.95 Å². The number of carbonyl (C=O) groups excluding carboxylic acids is 1. The molecule has 8 heteroatoms. The molecule has 2 aliphatic rings. The Morgan fingerprint density at radius 1 is 1.10 bits per heavy atom. The second-order valence-electron chi connectivity index (χ2n) is 8.02. The molecule has 29 heavy (non-hydrogen) atoms. The van der Waals surface area contributed by atoms with E-state index in [1.54, 1.807) is 11.0 Å². The van der Waals surface area contributed by atoms with Gasteiger partial charge in [0.25, 0.3) is 5.91 Å². The molecular weight excluding hydrogens is 381 g/mol. The molecule has 5 nitrogen and oxygen atoms in total. The fraction of sp³-hybridized carbons (Fsp3) is 0.476. The summed E-state index contributed by atoms with van der Waals surface area (Å²) < 4.78 is 38.8. The van der Waals surface area contributed by atoms with E-state index in [2.05, 4.69) is 14.9 Å². The molecule has 2 aliphatic heterocycles. The van der Waals surface area contributed by atoms with E-state index in [-0.39, 0.29) is 29.0 Å². The highest BCUT2D eigenvalue weighted by molar-refractivity contribution is 5.96. The van der Waals surface area contributed by atoms with Crippen molar-refractivity contribution in [2.75, 3.05) is 24.5 Å². The van der Waals surface area contributed by atoms with Crippen molar-refractivity contribution in [1.29, 1.82) is 0 Å². The van der Waals surface area contributed by atoms with Gasteiger partial charge in [-0.1, -0.05) is 18.2 Å². The zero-order valence-corrected chi connectivity index (χ0v) is 16.4. The van der Waals surface area contributed by atoms with Crippen molar-refractivity contribution in [3.05, 3.63) is 52.8 Å². The molecule has 4 rings (SSSR count). The van der Waals surface area contributed by atoms with E-state index in [9.17, 15) is 18.0 Å². The fourth-order valence-corrected chi connectivity index (χ4v) is 4.48. The largest absolute Gasteiger partial charge is 0.393 e. The van der Waals surface area contributed by atoms with Gasteiger partial charge in [0.15, 0.2) is 0 Å².